The molecule has 3 nitrogen and oxygen atoms in total. The van der Waals surface area contributed by atoms with E-state index in [1.165, 1.54) is 22.3 Å². The summed E-state index contributed by atoms with van der Waals surface area (Å²) in [5.41, 5.74) is 9.93. The summed E-state index contributed by atoms with van der Waals surface area (Å²) in [7, 11) is 0. The Morgan fingerprint density at radius 3 is 1.82 bits per heavy atom. The van der Waals surface area contributed by atoms with Crippen LogP contribution in [0.2, 0.25) is 0 Å². The second-order valence-electron chi connectivity index (χ2n) is 8.97. The van der Waals surface area contributed by atoms with Gasteiger partial charge in [0, 0.05) is 44.3 Å². The SMILES string of the molecule is Cc1cc(-c2[c-]cccc2)ncc1-c1ccccc1.Cc1cnc(-c2[c-]ccc(-c3ccccc3)c2)nc1.[Ir]. The fourth-order valence-electron chi connectivity index (χ4n) is 4.11. The van der Waals surface area contributed by atoms with Gasteiger partial charge in [-0.3, -0.25) is 9.97 Å². The van der Waals surface area contributed by atoms with E-state index in [4.69, 9.17) is 0 Å². The van der Waals surface area contributed by atoms with Crippen LogP contribution >= 0.6 is 0 Å². The Kier molecular flexibility index (Phi) is 9.63. The van der Waals surface area contributed by atoms with Gasteiger partial charge < -0.3 is 4.98 Å². The first-order valence-corrected chi connectivity index (χ1v) is 12.5. The minimum absolute atomic E-state index is 0. The maximum atomic E-state index is 4.55. The number of pyridine rings is 1. The van der Waals surface area contributed by atoms with Crippen molar-refractivity contribution in [2.75, 3.05) is 0 Å². The van der Waals surface area contributed by atoms with E-state index in [1.807, 2.05) is 98.3 Å². The standard InChI is InChI=1S/C18H14N.C17H13N2.Ir/c1-14-12-18(16-10-6-3-7-11-16)19-13-17(14)15-8-4-2-5-9-15;1-13-11-18-17(19-12-13)16-9-5-8-15(10-16)14-6-3-2-4-7-14;/h2-10,12-13H,1H3;2-8,10-12H,1H3;/q2*-1;. The average Bonchev–Trinajstić information content (AvgIpc) is 2.99. The number of hydrogen-bond acceptors (Lipinski definition) is 3. The van der Waals surface area contributed by atoms with E-state index in [0.29, 0.717) is 5.82 Å². The van der Waals surface area contributed by atoms with E-state index in [9.17, 15) is 0 Å². The van der Waals surface area contributed by atoms with Crippen molar-refractivity contribution in [2.45, 2.75) is 13.8 Å². The van der Waals surface area contributed by atoms with Crippen molar-refractivity contribution >= 4 is 0 Å². The Hall–Kier alpha value is -4.24. The van der Waals surface area contributed by atoms with Gasteiger partial charge in [-0.15, -0.1) is 71.3 Å². The van der Waals surface area contributed by atoms with Gasteiger partial charge in [0.05, 0.1) is 5.82 Å². The maximum Gasteiger partial charge on any atom is 0.0748 e. The molecule has 4 heteroatoms. The molecule has 0 spiro atoms. The molecule has 1 radical (unpaired) electrons. The summed E-state index contributed by atoms with van der Waals surface area (Å²) in [6.45, 7) is 4.10. The van der Waals surface area contributed by atoms with Crippen molar-refractivity contribution < 1.29 is 20.1 Å². The molecular formula is C35H27IrN3-2. The number of hydrogen-bond donors (Lipinski definition) is 0. The molecule has 4 aromatic carbocycles. The molecule has 0 aliphatic heterocycles. The molecule has 0 saturated carbocycles. The molecule has 2 heterocycles. The van der Waals surface area contributed by atoms with Gasteiger partial charge in [0.25, 0.3) is 0 Å². The number of benzene rings is 4. The molecule has 2 aromatic heterocycles. The van der Waals surface area contributed by atoms with Gasteiger partial charge in [-0.05, 0) is 41.8 Å². The van der Waals surface area contributed by atoms with Crippen LogP contribution in [-0.4, -0.2) is 15.0 Å². The maximum absolute atomic E-state index is 4.55. The van der Waals surface area contributed by atoms with Gasteiger partial charge in [-0.25, -0.2) is 0 Å². The van der Waals surface area contributed by atoms with Crippen LogP contribution in [0.15, 0.2) is 128 Å². The minimum Gasteiger partial charge on any atom is -0.304 e. The second kappa shape index (κ2) is 13.5. The van der Waals surface area contributed by atoms with Crippen LogP contribution in [0, 0.1) is 26.0 Å². The third-order valence-corrected chi connectivity index (χ3v) is 6.11. The molecule has 193 valence electrons. The molecule has 0 aliphatic rings. The van der Waals surface area contributed by atoms with E-state index >= 15 is 0 Å². The van der Waals surface area contributed by atoms with Crippen molar-refractivity contribution in [1.82, 2.24) is 15.0 Å². The van der Waals surface area contributed by atoms with Crippen LogP contribution in [0.25, 0.3) is 44.9 Å². The van der Waals surface area contributed by atoms with Crippen molar-refractivity contribution in [3.05, 3.63) is 151 Å². The van der Waals surface area contributed by atoms with Crippen LogP contribution in [-0.2, 0) is 20.1 Å². The van der Waals surface area contributed by atoms with Crippen molar-refractivity contribution in [3.8, 4) is 44.9 Å². The summed E-state index contributed by atoms with van der Waals surface area (Å²) in [4.78, 5) is 13.2. The van der Waals surface area contributed by atoms with Crippen LogP contribution in [0.5, 0.6) is 0 Å². The van der Waals surface area contributed by atoms with Crippen LogP contribution in [0.1, 0.15) is 11.1 Å². The molecular weight excluding hydrogens is 655 g/mol. The summed E-state index contributed by atoms with van der Waals surface area (Å²) in [5.74, 6) is 0.711. The molecule has 0 amide bonds. The van der Waals surface area contributed by atoms with Crippen LogP contribution in [0.4, 0.5) is 0 Å². The zero-order chi connectivity index (χ0) is 26.2. The molecule has 0 fully saturated rings. The number of aromatic nitrogens is 3. The van der Waals surface area contributed by atoms with Gasteiger partial charge in [-0.2, -0.15) is 0 Å². The monoisotopic (exact) mass is 682 g/mol. The second-order valence-corrected chi connectivity index (χ2v) is 8.97. The first-order valence-electron chi connectivity index (χ1n) is 12.5. The molecule has 0 bridgehead atoms. The topological polar surface area (TPSA) is 38.7 Å². The molecule has 0 N–H and O–H groups in total. The molecule has 0 atom stereocenters. The summed E-state index contributed by atoms with van der Waals surface area (Å²) in [6, 6.07) is 43.1. The first-order chi connectivity index (χ1) is 18.7. The number of rotatable bonds is 4. The summed E-state index contributed by atoms with van der Waals surface area (Å²) in [6.07, 6.45) is 5.59. The number of aryl methyl sites for hydroxylation is 2. The Morgan fingerprint density at radius 2 is 1.18 bits per heavy atom. The third kappa shape index (κ3) is 7.20. The number of nitrogens with zero attached hydrogens (tertiary/aromatic N) is 3. The molecule has 0 unspecified atom stereocenters. The summed E-state index contributed by atoms with van der Waals surface area (Å²) >= 11 is 0. The van der Waals surface area contributed by atoms with Crippen molar-refractivity contribution in [1.29, 1.82) is 0 Å². The largest absolute Gasteiger partial charge is 0.304 e. The fraction of sp³-hybridized carbons (Fsp3) is 0.0571. The zero-order valence-electron chi connectivity index (χ0n) is 21.8. The van der Waals surface area contributed by atoms with E-state index in [0.717, 1.165) is 27.9 Å². The smallest absolute Gasteiger partial charge is 0.0748 e. The van der Waals surface area contributed by atoms with E-state index in [1.54, 1.807) is 0 Å². The predicted molar refractivity (Wildman–Crippen MR) is 155 cm³/mol. The Bertz CT molecular complexity index is 1600. The normalized spacial score (nSPS) is 10.1. The van der Waals surface area contributed by atoms with Crippen molar-refractivity contribution in [3.63, 3.8) is 0 Å². The first kappa shape index (κ1) is 27.8. The Labute approximate surface area is 244 Å². The minimum atomic E-state index is 0. The summed E-state index contributed by atoms with van der Waals surface area (Å²) < 4.78 is 0. The van der Waals surface area contributed by atoms with E-state index in [2.05, 4.69) is 70.4 Å². The van der Waals surface area contributed by atoms with Crippen LogP contribution in [0.3, 0.4) is 0 Å². The molecule has 39 heavy (non-hydrogen) atoms. The van der Waals surface area contributed by atoms with Gasteiger partial charge >= 0.3 is 0 Å². The predicted octanol–water partition coefficient (Wildman–Crippen LogP) is 8.44. The Morgan fingerprint density at radius 1 is 0.538 bits per heavy atom. The van der Waals surface area contributed by atoms with Gasteiger partial charge in [0.2, 0.25) is 0 Å². The van der Waals surface area contributed by atoms with Gasteiger partial charge in [0.15, 0.2) is 0 Å². The third-order valence-electron chi connectivity index (χ3n) is 6.11. The average molecular weight is 682 g/mol. The van der Waals surface area contributed by atoms with E-state index in [-0.39, 0.29) is 20.1 Å². The fourth-order valence-corrected chi connectivity index (χ4v) is 4.11. The quantitative estimate of drug-likeness (QED) is 0.175. The van der Waals surface area contributed by atoms with Gasteiger partial charge in [-0.1, -0.05) is 66.7 Å². The summed E-state index contributed by atoms with van der Waals surface area (Å²) in [5, 5.41) is 0. The van der Waals surface area contributed by atoms with Gasteiger partial charge in [0.1, 0.15) is 0 Å². The zero-order valence-corrected chi connectivity index (χ0v) is 24.2. The Balaban J connectivity index is 0.000000176. The molecule has 0 saturated heterocycles. The van der Waals surface area contributed by atoms with E-state index < -0.39 is 0 Å². The molecule has 6 aromatic rings. The molecule has 6 rings (SSSR count). The molecule has 0 aliphatic carbocycles. The van der Waals surface area contributed by atoms with Crippen LogP contribution < -0.4 is 0 Å². The van der Waals surface area contributed by atoms with Crippen molar-refractivity contribution in [2.24, 2.45) is 0 Å².